The summed E-state index contributed by atoms with van der Waals surface area (Å²) in [5.41, 5.74) is 8.51. The maximum Gasteiger partial charge on any atom is 0.416 e. The highest BCUT2D eigenvalue weighted by Crippen LogP contribution is 2.43. The molecule has 0 N–H and O–H groups in total. The fraction of sp³-hybridized carbons (Fsp3) is 0.0615. The van der Waals surface area contributed by atoms with Crippen LogP contribution in [0.25, 0.3) is 118 Å². The minimum absolute atomic E-state index is 0.291. The van der Waals surface area contributed by atoms with Gasteiger partial charge in [-0.15, -0.1) is 0 Å². The Kier molecular flexibility index (Phi) is 12.1. The highest BCUT2D eigenvalue weighted by atomic mass is 19.4. The normalized spacial score (nSPS) is 11.9. The Morgan fingerprint density at radius 1 is 0.312 bits per heavy atom. The van der Waals surface area contributed by atoms with Gasteiger partial charge in [0.15, 0.2) is 23.3 Å². The Labute approximate surface area is 438 Å². The first-order valence-corrected chi connectivity index (χ1v) is 24.7. The summed E-state index contributed by atoms with van der Waals surface area (Å²) >= 11 is 0. The van der Waals surface area contributed by atoms with E-state index in [9.17, 15) is 26.3 Å². The van der Waals surface area contributed by atoms with E-state index < -0.39 is 23.5 Å². The third kappa shape index (κ3) is 9.61. The van der Waals surface area contributed by atoms with Gasteiger partial charge in [-0.1, -0.05) is 164 Å². The van der Waals surface area contributed by atoms with Gasteiger partial charge in [0.25, 0.3) is 0 Å². The van der Waals surface area contributed by atoms with Gasteiger partial charge in [-0.25, -0.2) is 24.9 Å². The number of aryl methyl sites for hydroxylation is 2. The average molecular weight is 1020 g/mol. The molecule has 9 aromatic carbocycles. The molecule has 0 atom stereocenters. The molecule has 3 aromatic heterocycles. The third-order valence-corrected chi connectivity index (χ3v) is 13.5. The van der Waals surface area contributed by atoms with Crippen LogP contribution in [0.1, 0.15) is 22.3 Å². The van der Waals surface area contributed by atoms with E-state index in [0.29, 0.717) is 95.9 Å². The second-order valence-corrected chi connectivity index (χ2v) is 18.9. The number of nitrogens with zero attached hydrogens (tertiary/aromatic N) is 6. The van der Waals surface area contributed by atoms with Crippen molar-refractivity contribution in [1.29, 1.82) is 0 Å². The minimum Gasteiger partial charge on any atom is -0.308 e. The highest BCUT2D eigenvalue weighted by Gasteiger charge is 2.32. The monoisotopic (exact) mass is 1020 g/mol. The second-order valence-electron chi connectivity index (χ2n) is 18.9. The lowest BCUT2D eigenvalue weighted by atomic mass is 9.98. The molecule has 12 rings (SSSR count). The molecule has 12 heteroatoms. The molecule has 0 radical (unpaired) electrons. The third-order valence-electron chi connectivity index (χ3n) is 13.5. The van der Waals surface area contributed by atoms with E-state index >= 15 is 0 Å². The van der Waals surface area contributed by atoms with Crippen LogP contribution < -0.4 is 0 Å². The zero-order valence-electron chi connectivity index (χ0n) is 41.2. The van der Waals surface area contributed by atoms with Crippen molar-refractivity contribution in [2.75, 3.05) is 0 Å². The van der Waals surface area contributed by atoms with Gasteiger partial charge in [-0.2, -0.15) is 26.3 Å². The van der Waals surface area contributed by atoms with Crippen LogP contribution in [-0.2, 0) is 12.4 Å². The zero-order valence-corrected chi connectivity index (χ0v) is 41.2. The summed E-state index contributed by atoms with van der Waals surface area (Å²) in [6, 6.07) is 65.5. The van der Waals surface area contributed by atoms with Gasteiger partial charge in [-0.05, 0) is 102 Å². The smallest absolute Gasteiger partial charge is 0.308 e. The average Bonchev–Trinajstić information content (AvgIpc) is 4.00. The molecule has 0 fully saturated rings. The number of rotatable bonds is 9. The molecule has 77 heavy (non-hydrogen) atoms. The van der Waals surface area contributed by atoms with Crippen LogP contribution in [-0.4, -0.2) is 29.5 Å². The summed E-state index contributed by atoms with van der Waals surface area (Å²) in [5.74, 6) is 1.59. The van der Waals surface area contributed by atoms with Crippen molar-refractivity contribution < 1.29 is 26.3 Å². The van der Waals surface area contributed by atoms with Gasteiger partial charge in [-0.3, -0.25) is 0 Å². The van der Waals surface area contributed by atoms with Crippen LogP contribution in [0.3, 0.4) is 0 Å². The maximum absolute atomic E-state index is 14.4. The lowest BCUT2D eigenvalue weighted by Gasteiger charge is -2.17. The zero-order chi connectivity index (χ0) is 53.0. The number of benzene rings is 9. The van der Waals surface area contributed by atoms with Gasteiger partial charge in [0.2, 0.25) is 0 Å². The Balaban J connectivity index is 1.18. The Morgan fingerprint density at radius 3 is 1.14 bits per heavy atom. The molecule has 0 bridgehead atoms. The summed E-state index contributed by atoms with van der Waals surface area (Å²) in [6.45, 7) is 3.26. The van der Waals surface area contributed by atoms with Gasteiger partial charge in [0.1, 0.15) is 0 Å². The van der Waals surface area contributed by atoms with Crippen LogP contribution in [0.5, 0.6) is 0 Å². The molecule has 0 saturated heterocycles. The number of fused-ring (bicyclic) bond motifs is 3. The minimum atomic E-state index is -4.59. The first-order valence-electron chi connectivity index (χ1n) is 24.7. The largest absolute Gasteiger partial charge is 0.416 e. The molecule has 0 spiro atoms. The molecule has 12 aromatic rings. The van der Waals surface area contributed by atoms with E-state index in [4.69, 9.17) is 24.9 Å². The predicted molar refractivity (Wildman–Crippen MR) is 293 cm³/mol. The molecule has 374 valence electrons. The van der Waals surface area contributed by atoms with E-state index in [-0.39, 0.29) is 0 Å². The van der Waals surface area contributed by atoms with Gasteiger partial charge in [0.05, 0.1) is 39.2 Å². The van der Waals surface area contributed by atoms with Crippen LogP contribution in [0.15, 0.2) is 218 Å². The molecule has 0 aliphatic heterocycles. The second kappa shape index (κ2) is 19.3. The molecular weight excluding hydrogens is 979 g/mol. The van der Waals surface area contributed by atoms with Crippen molar-refractivity contribution in [1.82, 2.24) is 29.5 Å². The fourth-order valence-corrected chi connectivity index (χ4v) is 9.93. The van der Waals surface area contributed by atoms with Crippen molar-refractivity contribution in [2.45, 2.75) is 26.2 Å². The van der Waals surface area contributed by atoms with E-state index in [2.05, 4.69) is 0 Å². The number of halogens is 6. The molecule has 0 unspecified atom stereocenters. The summed E-state index contributed by atoms with van der Waals surface area (Å²) < 4.78 is 88.4. The molecule has 0 saturated carbocycles. The van der Waals surface area contributed by atoms with E-state index in [1.54, 1.807) is 38.1 Å². The first kappa shape index (κ1) is 48.4. The first-order chi connectivity index (χ1) is 37.2. The molecule has 3 heterocycles. The van der Waals surface area contributed by atoms with Gasteiger partial charge >= 0.3 is 12.4 Å². The van der Waals surface area contributed by atoms with Crippen LogP contribution in [0.2, 0.25) is 0 Å². The summed E-state index contributed by atoms with van der Waals surface area (Å²) in [5, 5.41) is 1.49. The molecule has 6 nitrogen and oxygen atoms in total. The number of hydrogen-bond donors (Lipinski definition) is 0. The number of hydrogen-bond acceptors (Lipinski definition) is 5. The predicted octanol–water partition coefficient (Wildman–Crippen LogP) is 17.7. The maximum atomic E-state index is 14.4. The highest BCUT2D eigenvalue weighted by molar-refractivity contribution is 6.11. The lowest BCUT2D eigenvalue weighted by molar-refractivity contribution is -0.138. The van der Waals surface area contributed by atoms with E-state index in [1.807, 2.05) is 174 Å². The molecule has 0 amide bonds. The van der Waals surface area contributed by atoms with Crippen LogP contribution in [0.4, 0.5) is 26.3 Å². The summed E-state index contributed by atoms with van der Waals surface area (Å²) in [7, 11) is 0. The van der Waals surface area contributed by atoms with Crippen molar-refractivity contribution in [3.8, 4) is 96.0 Å². The summed E-state index contributed by atoms with van der Waals surface area (Å²) in [4.78, 5) is 25.7. The van der Waals surface area contributed by atoms with Gasteiger partial charge in [0, 0.05) is 44.2 Å². The van der Waals surface area contributed by atoms with Crippen LogP contribution >= 0.6 is 0 Å². The molecule has 0 aliphatic rings. The SMILES string of the molecule is Cc1cc(-c2ccc3c4ccc(-c5cc(C)cc(C(F)(F)F)c5)cc4n(-c4ccc(-c5cc(-c6ccccc6)nc(-c6ccccc6)n5)cc4-c4nc(-c5ccccc5)nc(-c5ccccc5)n4)c3c2)cc(C(F)(F)F)c1. The quantitative estimate of drug-likeness (QED) is 0.135. The van der Waals surface area contributed by atoms with E-state index in [0.717, 1.165) is 57.3 Å². The Bertz CT molecular complexity index is 3960. The number of alkyl halides is 6. The topological polar surface area (TPSA) is 69.4 Å². The van der Waals surface area contributed by atoms with Crippen LogP contribution in [0, 0.1) is 13.8 Å². The van der Waals surface area contributed by atoms with Crippen molar-refractivity contribution in [3.05, 3.63) is 241 Å². The van der Waals surface area contributed by atoms with Crippen molar-refractivity contribution in [3.63, 3.8) is 0 Å². The van der Waals surface area contributed by atoms with Crippen molar-refractivity contribution in [2.24, 2.45) is 0 Å². The fourth-order valence-electron chi connectivity index (χ4n) is 9.93. The van der Waals surface area contributed by atoms with E-state index in [1.165, 1.54) is 0 Å². The molecular formula is C65H42F6N6. The van der Waals surface area contributed by atoms with Crippen molar-refractivity contribution >= 4 is 21.8 Å². The Morgan fingerprint density at radius 2 is 0.701 bits per heavy atom. The summed E-state index contributed by atoms with van der Waals surface area (Å²) in [6.07, 6.45) is -9.19. The Hall–Kier alpha value is -9.55. The standard InChI is InChI=1S/C65H42F6N6/c1-39-29-48(33-50(31-39)64(66,67)68)45-23-26-52-53-27-24-46(49-30-40(2)32-51(34-49)65(69,70)71)37-59(53)77(58(52)36-45)57-28-25-47(56-38-55(41-15-7-3-8-16-41)72-60(73-56)42-17-9-4-10-18-42)35-54(57)63-75-61(43-19-11-5-12-20-43)74-62(76-63)44-21-13-6-14-22-44/h3-38H,1-2H3. The lowest BCUT2D eigenvalue weighted by Crippen LogP contribution is -2.05. The molecule has 0 aliphatic carbocycles. The van der Waals surface area contributed by atoms with Gasteiger partial charge < -0.3 is 4.57 Å². The number of aromatic nitrogens is 6.